The molecule has 5 nitrogen and oxygen atoms in total. The van der Waals surface area contributed by atoms with Gasteiger partial charge < -0.3 is 14.6 Å². The van der Waals surface area contributed by atoms with Crippen LogP contribution in [0.4, 0.5) is 11.6 Å². The van der Waals surface area contributed by atoms with Gasteiger partial charge in [-0.1, -0.05) is 22.8 Å². The lowest BCUT2D eigenvalue weighted by Gasteiger charge is -2.05. The van der Waals surface area contributed by atoms with Crippen molar-refractivity contribution >= 4 is 29.6 Å². The zero-order valence-electron chi connectivity index (χ0n) is 10.4. The molecule has 6 heteroatoms. The molecule has 1 aromatic heterocycles. The van der Waals surface area contributed by atoms with Crippen LogP contribution in [0.2, 0.25) is 5.02 Å². The smallest absolute Gasteiger partial charge is 0.293 e. The van der Waals surface area contributed by atoms with Gasteiger partial charge in [-0.15, -0.1) is 0 Å². The summed E-state index contributed by atoms with van der Waals surface area (Å²) in [6.45, 7) is 2.55. The van der Waals surface area contributed by atoms with E-state index in [1.165, 1.54) is 0 Å². The first kappa shape index (κ1) is 13.4. The molecule has 1 N–H and O–H groups in total. The van der Waals surface area contributed by atoms with E-state index in [1.807, 2.05) is 19.1 Å². The number of carbonyl (C=O) groups excluding carboxylic acids is 1. The quantitative estimate of drug-likeness (QED) is 0.651. The molecule has 2 rings (SSSR count). The van der Waals surface area contributed by atoms with Crippen LogP contribution in [-0.2, 0) is 16.0 Å². The van der Waals surface area contributed by atoms with Crippen LogP contribution in [0.25, 0.3) is 0 Å². The van der Waals surface area contributed by atoms with Crippen molar-refractivity contribution in [1.82, 2.24) is 5.16 Å². The van der Waals surface area contributed by atoms with E-state index in [4.69, 9.17) is 16.1 Å². The van der Waals surface area contributed by atoms with E-state index in [2.05, 4.69) is 15.2 Å². The SMILES string of the molecule is Cc1noc(Nc2cccc(Cl)c2)c1CCOC=O. The number of nitrogens with zero attached hydrogens (tertiary/aromatic N) is 1. The highest BCUT2D eigenvalue weighted by Gasteiger charge is 2.13. The van der Waals surface area contributed by atoms with E-state index in [0.717, 1.165) is 16.9 Å². The van der Waals surface area contributed by atoms with Crippen LogP contribution >= 0.6 is 11.6 Å². The normalized spacial score (nSPS) is 10.2. The highest BCUT2D eigenvalue weighted by atomic mass is 35.5. The predicted molar refractivity (Wildman–Crippen MR) is 71.7 cm³/mol. The molecule has 0 aliphatic carbocycles. The number of aryl methyl sites for hydroxylation is 1. The van der Waals surface area contributed by atoms with Gasteiger partial charge in [0.2, 0.25) is 5.88 Å². The van der Waals surface area contributed by atoms with Crippen LogP contribution in [0.15, 0.2) is 28.8 Å². The first-order valence-corrected chi connectivity index (χ1v) is 6.11. The summed E-state index contributed by atoms with van der Waals surface area (Å²) in [5.74, 6) is 0.536. The van der Waals surface area contributed by atoms with Crippen LogP contribution in [0.3, 0.4) is 0 Å². The van der Waals surface area contributed by atoms with E-state index in [-0.39, 0.29) is 6.61 Å². The minimum Gasteiger partial charge on any atom is -0.468 e. The molecule has 0 atom stereocenters. The summed E-state index contributed by atoms with van der Waals surface area (Å²) in [6.07, 6.45) is 0.539. The standard InChI is InChI=1S/C13H13ClN2O3/c1-9-12(5-6-18-8-17)13(19-16-9)15-11-4-2-3-10(14)7-11/h2-4,7-8,15H,5-6H2,1H3. The summed E-state index contributed by atoms with van der Waals surface area (Å²) in [6, 6.07) is 7.28. The number of anilines is 2. The van der Waals surface area contributed by atoms with Gasteiger partial charge in [0, 0.05) is 22.7 Å². The van der Waals surface area contributed by atoms with Crippen molar-refractivity contribution in [2.75, 3.05) is 11.9 Å². The van der Waals surface area contributed by atoms with Gasteiger partial charge >= 0.3 is 0 Å². The van der Waals surface area contributed by atoms with Gasteiger partial charge in [-0.2, -0.15) is 0 Å². The minimum absolute atomic E-state index is 0.287. The number of hydrogen-bond donors (Lipinski definition) is 1. The largest absolute Gasteiger partial charge is 0.468 e. The minimum atomic E-state index is 0.287. The van der Waals surface area contributed by atoms with Crippen LogP contribution in [0.5, 0.6) is 0 Å². The third kappa shape index (κ3) is 3.48. The number of rotatable bonds is 6. The van der Waals surface area contributed by atoms with Gasteiger partial charge in [0.15, 0.2) is 0 Å². The topological polar surface area (TPSA) is 64.4 Å². The van der Waals surface area contributed by atoms with E-state index in [9.17, 15) is 4.79 Å². The molecular weight excluding hydrogens is 268 g/mol. The van der Waals surface area contributed by atoms with Crippen LogP contribution in [-0.4, -0.2) is 18.2 Å². The Hall–Kier alpha value is -2.01. The third-order valence-electron chi connectivity index (χ3n) is 2.61. The highest BCUT2D eigenvalue weighted by molar-refractivity contribution is 6.30. The molecule has 0 saturated carbocycles. The Morgan fingerprint density at radius 2 is 2.37 bits per heavy atom. The van der Waals surface area contributed by atoms with Crippen molar-refractivity contribution in [2.45, 2.75) is 13.3 Å². The number of carbonyl (C=O) groups is 1. The Labute approximate surface area is 115 Å². The van der Waals surface area contributed by atoms with Crippen molar-refractivity contribution in [2.24, 2.45) is 0 Å². The fourth-order valence-electron chi connectivity index (χ4n) is 1.69. The molecule has 0 radical (unpaired) electrons. The summed E-state index contributed by atoms with van der Waals surface area (Å²) < 4.78 is 9.91. The highest BCUT2D eigenvalue weighted by Crippen LogP contribution is 2.25. The maximum atomic E-state index is 10.1. The van der Waals surface area contributed by atoms with Gasteiger partial charge in [0.25, 0.3) is 6.47 Å². The monoisotopic (exact) mass is 280 g/mol. The van der Waals surface area contributed by atoms with E-state index >= 15 is 0 Å². The number of halogens is 1. The lowest BCUT2D eigenvalue weighted by Crippen LogP contribution is -2.00. The predicted octanol–water partition coefficient (Wildman–Crippen LogP) is 3.10. The summed E-state index contributed by atoms with van der Waals surface area (Å²) in [5.41, 5.74) is 2.45. The zero-order valence-corrected chi connectivity index (χ0v) is 11.1. The van der Waals surface area contributed by atoms with Gasteiger partial charge in [-0.05, 0) is 25.1 Å². The fraction of sp³-hybridized carbons (Fsp3) is 0.231. The number of aromatic nitrogens is 1. The maximum Gasteiger partial charge on any atom is 0.293 e. The molecule has 0 amide bonds. The molecule has 0 spiro atoms. The summed E-state index contributed by atoms with van der Waals surface area (Å²) in [5, 5.41) is 7.63. The molecule has 0 aliphatic rings. The van der Waals surface area contributed by atoms with Crippen LogP contribution in [0.1, 0.15) is 11.3 Å². The third-order valence-corrected chi connectivity index (χ3v) is 2.84. The molecule has 0 bridgehead atoms. The number of hydrogen-bond acceptors (Lipinski definition) is 5. The van der Waals surface area contributed by atoms with Crippen molar-refractivity contribution < 1.29 is 14.1 Å². The summed E-state index contributed by atoms with van der Waals surface area (Å²) in [4.78, 5) is 10.1. The van der Waals surface area contributed by atoms with Crippen molar-refractivity contribution in [3.05, 3.63) is 40.5 Å². The Bertz CT molecular complexity index is 569. The molecular formula is C13H13ClN2O3. The number of nitrogens with one attached hydrogen (secondary N) is 1. The molecule has 19 heavy (non-hydrogen) atoms. The van der Waals surface area contributed by atoms with E-state index in [0.29, 0.717) is 23.8 Å². The maximum absolute atomic E-state index is 10.1. The number of benzene rings is 1. The Morgan fingerprint density at radius 3 is 3.11 bits per heavy atom. The Morgan fingerprint density at radius 1 is 1.53 bits per heavy atom. The van der Waals surface area contributed by atoms with E-state index in [1.54, 1.807) is 12.1 Å². The van der Waals surface area contributed by atoms with Gasteiger partial charge in [-0.25, -0.2) is 0 Å². The van der Waals surface area contributed by atoms with Gasteiger partial charge in [-0.3, -0.25) is 4.79 Å². The van der Waals surface area contributed by atoms with Gasteiger partial charge in [0.1, 0.15) is 0 Å². The second kappa shape index (κ2) is 6.24. The van der Waals surface area contributed by atoms with Crippen LogP contribution in [0, 0.1) is 6.92 Å². The second-order valence-corrected chi connectivity index (χ2v) is 4.36. The lowest BCUT2D eigenvalue weighted by molar-refractivity contribution is -0.128. The first-order valence-electron chi connectivity index (χ1n) is 5.73. The molecule has 0 saturated heterocycles. The lowest BCUT2D eigenvalue weighted by atomic mass is 10.2. The second-order valence-electron chi connectivity index (χ2n) is 3.93. The summed E-state index contributed by atoms with van der Waals surface area (Å²) in [7, 11) is 0. The molecule has 0 aliphatic heterocycles. The van der Waals surface area contributed by atoms with E-state index < -0.39 is 0 Å². The fourth-order valence-corrected chi connectivity index (χ4v) is 1.88. The van der Waals surface area contributed by atoms with Crippen molar-refractivity contribution in [3.8, 4) is 0 Å². The Balaban J connectivity index is 2.13. The molecule has 0 unspecified atom stereocenters. The summed E-state index contributed by atoms with van der Waals surface area (Å²) >= 11 is 5.91. The molecule has 0 fully saturated rings. The van der Waals surface area contributed by atoms with Crippen molar-refractivity contribution in [3.63, 3.8) is 0 Å². The molecule has 2 aromatic rings. The molecule has 1 aromatic carbocycles. The average molecular weight is 281 g/mol. The molecule has 100 valence electrons. The number of ether oxygens (including phenoxy) is 1. The van der Waals surface area contributed by atoms with Crippen molar-refractivity contribution in [1.29, 1.82) is 0 Å². The Kier molecular flexibility index (Phi) is 4.41. The van der Waals surface area contributed by atoms with Gasteiger partial charge in [0.05, 0.1) is 12.3 Å². The average Bonchev–Trinajstić information content (AvgIpc) is 2.72. The van der Waals surface area contributed by atoms with Crippen LogP contribution < -0.4 is 5.32 Å². The first-order chi connectivity index (χ1) is 9.20. The molecule has 1 heterocycles. The zero-order chi connectivity index (χ0) is 13.7.